The Labute approximate surface area is 195 Å². The number of carbonyl (C=O) groups is 1. The molecule has 1 heterocycles. The Morgan fingerprint density at radius 2 is 1.79 bits per heavy atom. The fourth-order valence-corrected chi connectivity index (χ4v) is 3.28. The van der Waals surface area contributed by atoms with Crippen molar-refractivity contribution >= 4 is 5.97 Å². The maximum atomic E-state index is 11.4. The van der Waals surface area contributed by atoms with Gasteiger partial charge in [-0.3, -0.25) is 4.79 Å². The highest BCUT2D eigenvalue weighted by Gasteiger charge is 2.13. The van der Waals surface area contributed by atoms with Crippen LogP contribution in [0, 0.1) is 13.8 Å². The van der Waals surface area contributed by atoms with Crippen LogP contribution in [0.3, 0.4) is 0 Å². The minimum Gasteiger partial charge on any atom is -0.493 e. The molecule has 0 fully saturated rings. The van der Waals surface area contributed by atoms with Gasteiger partial charge >= 0.3 is 5.97 Å². The number of carbonyl (C=O) groups excluding carboxylic acids is 1. The zero-order valence-corrected chi connectivity index (χ0v) is 19.7. The van der Waals surface area contributed by atoms with Crippen LogP contribution in [0.2, 0.25) is 0 Å². The number of para-hydroxylation sites is 1. The molecular weight excluding hydrogens is 418 g/mol. The van der Waals surface area contributed by atoms with Gasteiger partial charge in [0.15, 0.2) is 5.75 Å². The number of hydrogen-bond acceptors (Lipinski definition) is 6. The Morgan fingerprint density at radius 1 is 1.00 bits per heavy atom. The normalized spacial score (nSPS) is 11.5. The molecule has 1 atom stereocenters. The molecule has 0 aliphatic carbocycles. The summed E-state index contributed by atoms with van der Waals surface area (Å²) < 4.78 is 22.7. The van der Waals surface area contributed by atoms with Gasteiger partial charge in [-0.1, -0.05) is 24.3 Å². The summed E-state index contributed by atoms with van der Waals surface area (Å²) >= 11 is 0. The van der Waals surface area contributed by atoms with Crippen molar-refractivity contribution in [3.63, 3.8) is 0 Å². The van der Waals surface area contributed by atoms with Crippen LogP contribution in [0.25, 0.3) is 0 Å². The second-order valence-electron chi connectivity index (χ2n) is 7.90. The second-order valence-corrected chi connectivity index (χ2v) is 7.90. The SMILES string of the molecule is COC(=O)CCc1ccc(OCCC(C)Oc2ccc(C)nc2Oc2ccccc2)cc1C. The number of methoxy groups -OCH3 is 1. The zero-order valence-electron chi connectivity index (χ0n) is 19.7. The van der Waals surface area contributed by atoms with Crippen LogP contribution < -0.4 is 14.2 Å². The van der Waals surface area contributed by atoms with Gasteiger partial charge in [-0.2, -0.15) is 0 Å². The molecule has 3 aromatic rings. The molecule has 3 rings (SSSR count). The average molecular weight is 450 g/mol. The van der Waals surface area contributed by atoms with E-state index in [1.807, 2.05) is 81.4 Å². The van der Waals surface area contributed by atoms with Crippen LogP contribution in [0.1, 0.15) is 36.6 Å². The van der Waals surface area contributed by atoms with Crippen molar-refractivity contribution in [2.45, 2.75) is 46.1 Å². The molecule has 0 saturated carbocycles. The summed E-state index contributed by atoms with van der Waals surface area (Å²) in [6.07, 6.45) is 1.63. The van der Waals surface area contributed by atoms with E-state index in [1.165, 1.54) is 7.11 Å². The smallest absolute Gasteiger partial charge is 0.305 e. The highest BCUT2D eigenvalue weighted by Crippen LogP contribution is 2.30. The molecule has 0 aliphatic rings. The van der Waals surface area contributed by atoms with Gasteiger partial charge in [0.2, 0.25) is 0 Å². The Balaban J connectivity index is 1.52. The molecule has 0 bridgehead atoms. The minimum atomic E-state index is -0.204. The molecule has 1 aromatic heterocycles. The number of pyridine rings is 1. The Hall–Kier alpha value is -3.54. The number of rotatable bonds is 11. The first-order valence-electron chi connectivity index (χ1n) is 11.1. The van der Waals surface area contributed by atoms with Crippen molar-refractivity contribution < 1.29 is 23.7 Å². The zero-order chi connectivity index (χ0) is 23.6. The third-order valence-electron chi connectivity index (χ3n) is 5.18. The van der Waals surface area contributed by atoms with E-state index in [-0.39, 0.29) is 12.1 Å². The van der Waals surface area contributed by atoms with Crippen molar-refractivity contribution in [2.24, 2.45) is 0 Å². The monoisotopic (exact) mass is 449 g/mol. The summed E-state index contributed by atoms with van der Waals surface area (Å²) in [5, 5.41) is 0. The first kappa shape index (κ1) is 24.1. The number of hydrogen-bond donors (Lipinski definition) is 0. The van der Waals surface area contributed by atoms with Crippen molar-refractivity contribution in [2.75, 3.05) is 13.7 Å². The first-order chi connectivity index (χ1) is 15.9. The third kappa shape index (κ3) is 7.52. The Morgan fingerprint density at radius 3 is 2.52 bits per heavy atom. The molecule has 0 radical (unpaired) electrons. The molecule has 2 aromatic carbocycles. The van der Waals surface area contributed by atoms with E-state index in [1.54, 1.807) is 0 Å². The predicted molar refractivity (Wildman–Crippen MR) is 127 cm³/mol. The molecule has 0 saturated heterocycles. The summed E-state index contributed by atoms with van der Waals surface area (Å²) in [4.78, 5) is 15.8. The highest BCUT2D eigenvalue weighted by atomic mass is 16.5. The van der Waals surface area contributed by atoms with Crippen LogP contribution in [0.15, 0.2) is 60.7 Å². The van der Waals surface area contributed by atoms with E-state index in [2.05, 4.69) is 4.98 Å². The van der Waals surface area contributed by atoms with Gasteiger partial charge in [0, 0.05) is 18.5 Å². The van der Waals surface area contributed by atoms with Gasteiger partial charge in [0.05, 0.1) is 19.8 Å². The summed E-state index contributed by atoms with van der Waals surface area (Å²) in [5.74, 6) is 2.35. The van der Waals surface area contributed by atoms with Crippen molar-refractivity contribution in [3.8, 4) is 23.1 Å². The van der Waals surface area contributed by atoms with E-state index in [9.17, 15) is 4.79 Å². The van der Waals surface area contributed by atoms with Gasteiger partial charge in [0.1, 0.15) is 11.5 Å². The molecule has 0 aliphatic heterocycles. The van der Waals surface area contributed by atoms with E-state index in [0.717, 1.165) is 22.6 Å². The van der Waals surface area contributed by atoms with Crippen molar-refractivity contribution in [1.82, 2.24) is 4.98 Å². The molecule has 0 N–H and O–H groups in total. The lowest BCUT2D eigenvalue weighted by molar-refractivity contribution is -0.140. The number of nitrogens with zero attached hydrogens (tertiary/aromatic N) is 1. The summed E-state index contributed by atoms with van der Waals surface area (Å²) in [5.41, 5.74) is 3.06. The summed E-state index contributed by atoms with van der Waals surface area (Å²) in [6, 6.07) is 19.2. The molecule has 0 amide bonds. The van der Waals surface area contributed by atoms with E-state index < -0.39 is 0 Å². The molecule has 33 heavy (non-hydrogen) atoms. The largest absolute Gasteiger partial charge is 0.493 e. The van der Waals surface area contributed by atoms with Gasteiger partial charge in [-0.25, -0.2) is 4.98 Å². The lowest BCUT2D eigenvalue weighted by Crippen LogP contribution is -2.16. The van der Waals surface area contributed by atoms with Gasteiger partial charge < -0.3 is 18.9 Å². The topological polar surface area (TPSA) is 66.9 Å². The van der Waals surface area contributed by atoms with E-state index >= 15 is 0 Å². The quantitative estimate of drug-likeness (QED) is 0.343. The number of esters is 1. The van der Waals surface area contributed by atoms with Crippen molar-refractivity contribution in [3.05, 3.63) is 77.5 Å². The lowest BCUT2D eigenvalue weighted by atomic mass is 10.0. The predicted octanol–water partition coefficient (Wildman–Crippen LogP) is 5.83. The third-order valence-corrected chi connectivity index (χ3v) is 5.18. The lowest BCUT2D eigenvalue weighted by Gasteiger charge is -2.18. The van der Waals surface area contributed by atoms with Crippen LogP contribution >= 0.6 is 0 Å². The fourth-order valence-electron chi connectivity index (χ4n) is 3.28. The minimum absolute atomic E-state index is 0.0898. The molecular formula is C27H31NO5. The van der Waals surface area contributed by atoms with Gasteiger partial charge in [0.25, 0.3) is 5.88 Å². The van der Waals surface area contributed by atoms with Crippen LogP contribution in [0.5, 0.6) is 23.1 Å². The standard InChI is InChI=1S/C27H31NO5/c1-19-18-24(13-11-22(19)12-15-26(29)30-4)31-17-16-21(3)32-25-14-10-20(2)28-27(25)33-23-8-6-5-7-9-23/h5-11,13-14,18,21H,12,15-17H2,1-4H3. The van der Waals surface area contributed by atoms with Gasteiger partial charge in [-0.15, -0.1) is 0 Å². The Bertz CT molecular complexity index is 1050. The van der Waals surface area contributed by atoms with Gasteiger partial charge in [-0.05, 0) is 74.7 Å². The maximum absolute atomic E-state index is 11.4. The van der Waals surface area contributed by atoms with E-state index in [4.69, 9.17) is 18.9 Å². The second kappa shape index (κ2) is 11.9. The number of benzene rings is 2. The maximum Gasteiger partial charge on any atom is 0.305 e. The number of aryl methyl sites for hydroxylation is 3. The summed E-state index contributed by atoms with van der Waals surface area (Å²) in [7, 11) is 1.41. The highest BCUT2D eigenvalue weighted by molar-refractivity contribution is 5.69. The fraction of sp³-hybridized carbons (Fsp3) is 0.333. The van der Waals surface area contributed by atoms with Crippen molar-refractivity contribution in [1.29, 1.82) is 0 Å². The molecule has 174 valence electrons. The Kier molecular flexibility index (Phi) is 8.70. The molecule has 6 nitrogen and oxygen atoms in total. The molecule has 0 spiro atoms. The van der Waals surface area contributed by atoms with Crippen LogP contribution in [-0.2, 0) is 16.0 Å². The molecule has 1 unspecified atom stereocenters. The summed E-state index contributed by atoms with van der Waals surface area (Å²) in [6.45, 7) is 6.44. The van der Waals surface area contributed by atoms with E-state index in [0.29, 0.717) is 43.2 Å². The average Bonchev–Trinajstić information content (AvgIpc) is 2.80. The van der Waals surface area contributed by atoms with Crippen LogP contribution in [-0.4, -0.2) is 30.8 Å². The number of aromatic nitrogens is 1. The van der Waals surface area contributed by atoms with Crippen LogP contribution in [0.4, 0.5) is 0 Å². The number of ether oxygens (including phenoxy) is 4. The first-order valence-corrected chi connectivity index (χ1v) is 11.1. The molecule has 6 heteroatoms.